The van der Waals surface area contributed by atoms with Crippen LogP contribution in [0.2, 0.25) is 0 Å². The van der Waals surface area contributed by atoms with Gasteiger partial charge >= 0.3 is 6.03 Å². The second-order valence-corrected chi connectivity index (χ2v) is 5.19. The highest BCUT2D eigenvalue weighted by Gasteiger charge is 2.06. The average Bonchev–Trinajstić information content (AvgIpc) is 2.49. The van der Waals surface area contributed by atoms with Crippen molar-refractivity contribution in [1.82, 2.24) is 15.5 Å². The molecular formula is C16H21N5O. The zero-order chi connectivity index (χ0) is 15.9. The van der Waals surface area contributed by atoms with Crippen molar-refractivity contribution in [2.75, 3.05) is 10.6 Å². The van der Waals surface area contributed by atoms with E-state index in [2.05, 4.69) is 39.1 Å². The Kier molecular flexibility index (Phi) is 5.30. The number of aryl methyl sites for hydroxylation is 1. The summed E-state index contributed by atoms with van der Waals surface area (Å²) in [5.74, 6) is 1.04. The predicted octanol–water partition coefficient (Wildman–Crippen LogP) is 3.31. The Hall–Kier alpha value is -2.63. The minimum atomic E-state index is -0.290. The lowest BCUT2D eigenvalue weighted by Crippen LogP contribution is -2.34. The van der Waals surface area contributed by atoms with E-state index in [0.29, 0.717) is 11.6 Å². The van der Waals surface area contributed by atoms with Gasteiger partial charge in [0.1, 0.15) is 0 Å². The molecule has 2 aromatic rings. The maximum Gasteiger partial charge on any atom is 0.320 e. The summed E-state index contributed by atoms with van der Waals surface area (Å²) in [5.41, 5.74) is 2.22. The van der Waals surface area contributed by atoms with Crippen LogP contribution < -0.4 is 16.0 Å². The molecular weight excluding hydrogens is 278 g/mol. The van der Waals surface area contributed by atoms with E-state index in [9.17, 15) is 4.79 Å². The van der Waals surface area contributed by atoms with Crippen LogP contribution >= 0.6 is 0 Å². The van der Waals surface area contributed by atoms with Crippen LogP contribution in [0, 0.1) is 0 Å². The fourth-order valence-electron chi connectivity index (χ4n) is 1.97. The molecule has 0 radical (unpaired) electrons. The Labute approximate surface area is 130 Å². The molecule has 0 saturated heterocycles. The summed E-state index contributed by atoms with van der Waals surface area (Å²) >= 11 is 0. The number of nitrogens with one attached hydrogen (secondary N) is 3. The van der Waals surface area contributed by atoms with Crippen molar-refractivity contribution in [3.8, 4) is 0 Å². The number of hydrogen-bond acceptors (Lipinski definition) is 4. The first-order valence-electron chi connectivity index (χ1n) is 7.34. The van der Waals surface area contributed by atoms with Crippen molar-refractivity contribution in [2.24, 2.45) is 0 Å². The molecule has 0 aliphatic heterocycles. The third-order valence-corrected chi connectivity index (χ3v) is 2.99. The van der Waals surface area contributed by atoms with Crippen molar-refractivity contribution < 1.29 is 4.79 Å². The molecule has 0 saturated carbocycles. The van der Waals surface area contributed by atoms with Crippen molar-refractivity contribution in [1.29, 1.82) is 0 Å². The van der Waals surface area contributed by atoms with Crippen LogP contribution in [0.4, 0.5) is 22.1 Å². The number of rotatable bonds is 5. The standard InChI is InChI=1S/C16H21N5O/c1-4-12-7-5-6-8-13(12)18-14-9-10-15(21-20-14)19-16(22)17-11(2)3/h5-11H,4H2,1-3H3,(H,18,20)(H2,17,19,21,22). The van der Waals surface area contributed by atoms with Crippen LogP contribution in [-0.4, -0.2) is 22.3 Å². The molecule has 0 unspecified atom stereocenters. The normalized spacial score (nSPS) is 10.4. The molecule has 0 spiro atoms. The minimum Gasteiger partial charge on any atom is -0.339 e. The highest BCUT2D eigenvalue weighted by atomic mass is 16.2. The Bertz CT molecular complexity index is 625. The Balaban J connectivity index is 2.01. The van der Waals surface area contributed by atoms with Crippen LogP contribution in [-0.2, 0) is 6.42 Å². The molecule has 3 N–H and O–H groups in total. The van der Waals surface area contributed by atoms with Crippen LogP contribution in [0.5, 0.6) is 0 Å². The second kappa shape index (κ2) is 7.40. The van der Waals surface area contributed by atoms with Crippen LogP contribution in [0.1, 0.15) is 26.3 Å². The number of amides is 2. The maximum atomic E-state index is 11.6. The molecule has 0 aliphatic carbocycles. The molecule has 0 aliphatic rings. The topological polar surface area (TPSA) is 78.9 Å². The fraction of sp³-hybridized carbons (Fsp3) is 0.312. The minimum absolute atomic E-state index is 0.0689. The average molecular weight is 299 g/mol. The third kappa shape index (κ3) is 4.44. The zero-order valence-corrected chi connectivity index (χ0v) is 13.1. The number of urea groups is 1. The van der Waals surface area contributed by atoms with E-state index >= 15 is 0 Å². The second-order valence-electron chi connectivity index (χ2n) is 5.19. The SMILES string of the molecule is CCc1ccccc1Nc1ccc(NC(=O)NC(C)C)nn1. The van der Waals surface area contributed by atoms with Gasteiger partial charge in [0.25, 0.3) is 0 Å². The maximum absolute atomic E-state index is 11.6. The number of para-hydroxylation sites is 1. The number of nitrogens with zero attached hydrogens (tertiary/aromatic N) is 2. The van der Waals surface area contributed by atoms with Gasteiger partial charge in [-0.3, -0.25) is 5.32 Å². The first-order chi connectivity index (χ1) is 10.6. The molecule has 116 valence electrons. The first-order valence-corrected chi connectivity index (χ1v) is 7.34. The fourth-order valence-corrected chi connectivity index (χ4v) is 1.97. The number of aromatic nitrogens is 2. The van der Waals surface area contributed by atoms with Gasteiger partial charge < -0.3 is 10.6 Å². The molecule has 1 heterocycles. The number of hydrogen-bond donors (Lipinski definition) is 3. The van der Waals surface area contributed by atoms with Gasteiger partial charge in [-0.2, -0.15) is 0 Å². The quantitative estimate of drug-likeness (QED) is 0.791. The van der Waals surface area contributed by atoms with Crippen LogP contribution in [0.25, 0.3) is 0 Å². The van der Waals surface area contributed by atoms with Crippen molar-refractivity contribution in [3.05, 3.63) is 42.0 Å². The van der Waals surface area contributed by atoms with Gasteiger partial charge in [0.2, 0.25) is 0 Å². The number of carbonyl (C=O) groups is 1. The van der Waals surface area contributed by atoms with Gasteiger partial charge in [-0.25, -0.2) is 4.79 Å². The summed E-state index contributed by atoms with van der Waals surface area (Å²) in [6, 6.07) is 11.3. The summed E-state index contributed by atoms with van der Waals surface area (Å²) in [6.07, 6.45) is 0.936. The zero-order valence-electron chi connectivity index (χ0n) is 13.1. The van der Waals surface area contributed by atoms with E-state index in [1.807, 2.05) is 32.0 Å². The molecule has 0 fully saturated rings. The number of carbonyl (C=O) groups excluding carboxylic acids is 1. The van der Waals surface area contributed by atoms with Gasteiger partial charge in [0.15, 0.2) is 11.6 Å². The van der Waals surface area contributed by atoms with E-state index in [-0.39, 0.29) is 12.1 Å². The molecule has 1 aromatic carbocycles. The van der Waals surface area contributed by atoms with E-state index in [4.69, 9.17) is 0 Å². The Morgan fingerprint density at radius 3 is 2.41 bits per heavy atom. The van der Waals surface area contributed by atoms with Crippen LogP contribution in [0.15, 0.2) is 36.4 Å². The lowest BCUT2D eigenvalue weighted by molar-refractivity contribution is 0.250. The molecule has 0 bridgehead atoms. The molecule has 0 atom stereocenters. The summed E-state index contributed by atoms with van der Waals surface area (Å²) in [7, 11) is 0. The highest BCUT2D eigenvalue weighted by molar-refractivity contribution is 5.88. The smallest absolute Gasteiger partial charge is 0.320 e. The lowest BCUT2D eigenvalue weighted by Gasteiger charge is -2.11. The Morgan fingerprint density at radius 1 is 1.09 bits per heavy atom. The van der Waals surface area contributed by atoms with Crippen molar-refractivity contribution >= 4 is 23.4 Å². The van der Waals surface area contributed by atoms with E-state index in [0.717, 1.165) is 12.1 Å². The summed E-state index contributed by atoms with van der Waals surface area (Å²) in [6.45, 7) is 5.89. The first kappa shape index (κ1) is 15.8. The molecule has 2 amide bonds. The van der Waals surface area contributed by atoms with E-state index in [1.165, 1.54) is 5.56 Å². The lowest BCUT2D eigenvalue weighted by atomic mass is 10.1. The summed E-state index contributed by atoms with van der Waals surface area (Å²) < 4.78 is 0. The monoisotopic (exact) mass is 299 g/mol. The summed E-state index contributed by atoms with van der Waals surface area (Å²) in [4.78, 5) is 11.6. The molecule has 6 heteroatoms. The van der Waals surface area contributed by atoms with Gasteiger partial charge in [-0.1, -0.05) is 25.1 Å². The molecule has 1 aromatic heterocycles. The van der Waals surface area contributed by atoms with Crippen molar-refractivity contribution in [3.63, 3.8) is 0 Å². The van der Waals surface area contributed by atoms with Gasteiger partial charge in [-0.15, -0.1) is 10.2 Å². The van der Waals surface area contributed by atoms with Crippen molar-refractivity contribution in [2.45, 2.75) is 33.2 Å². The van der Waals surface area contributed by atoms with Gasteiger partial charge in [0, 0.05) is 11.7 Å². The molecule has 22 heavy (non-hydrogen) atoms. The predicted molar refractivity (Wildman–Crippen MR) is 88.4 cm³/mol. The van der Waals surface area contributed by atoms with E-state index < -0.39 is 0 Å². The molecule has 2 rings (SSSR count). The number of anilines is 3. The Morgan fingerprint density at radius 2 is 1.77 bits per heavy atom. The van der Waals surface area contributed by atoms with E-state index in [1.54, 1.807) is 12.1 Å². The molecule has 6 nitrogen and oxygen atoms in total. The number of benzene rings is 1. The van der Waals surface area contributed by atoms with Gasteiger partial charge in [-0.05, 0) is 44.0 Å². The third-order valence-electron chi connectivity index (χ3n) is 2.99. The highest BCUT2D eigenvalue weighted by Crippen LogP contribution is 2.19. The van der Waals surface area contributed by atoms with Gasteiger partial charge in [0.05, 0.1) is 0 Å². The summed E-state index contributed by atoms with van der Waals surface area (Å²) in [5, 5.41) is 16.7. The largest absolute Gasteiger partial charge is 0.339 e. The van der Waals surface area contributed by atoms with Crippen LogP contribution in [0.3, 0.4) is 0 Å².